The summed E-state index contributed by atoms with van der Waals surface area (Å²) in [5.74, 6) is 0.643. The van der Waals surface area contributed by atoms with E-state index in [-0.39, 0.29) is 11.9 Å². The van der Waals surface area contributed by atoms with Crippen LogP contribution in [0.1, 0.15) is 23.0 Å². The number of likely N-dealkylation sites (tertiary alicyclic amines) is 1. The average Bonchev–Trinajstić information content (AvgIpc) is 2.86. The van der Waals surface area contributed by atoms with Crippen molar-refractivity contribution in [1.82, 2.24) is 4.90 Å². The van der Waals surface area contributed by atoms with E-state index in [0.29, 0.717) is 12.5 Å². The molecule has 1 amide bonds. The lowest BCUT2D eigenvalue weighted by atomic mass is 9.96. The highest BCUT2D eigenvalue weighted by molar-refractivity contribution is 7.27. The number of nitrogens with two attached hydrogens (primary N) is 1. The second-order valence-corrected chi connectivity index (χ2v) is 7.10. The molecule has 96 valence electrons. The number of carbonyl (C=O) groups is 1. The van der Waals surface area contributed by atoms with Crippen LogP contribution in [-0.2, 0) is 0 Å². The first-order valence-corrected chi connectivity index (χ1v) is 7.85. The largest absolute Gasteiger partial charge is 0.336 e. The molecule has 1 saturated heterocycles. The van der Waals surface area contributed by atoms with Crippen LogP contribution in [0.5, 0.6) is 0 Å². The van der Waals surface area contributed by atoms with Crippen molar-refractivity contribution in [2.24, 2.45) is 11.7 Å². The predicted molar refractivity (Wildman–Crippen MR) is 77.4 cm³/mol. The minimum atomic E-state index is 0.124. The molecule has 0 aromatic carbocycles. The van der Waals surface area contributed by atoms with Crippen LogP contribution in [0.2, 0.25) is 0 Å². The fraction of sp³-hybridized carbons (Fsp3) is 0.462. The molecule has 2 N–H and O–H groups in total. The van der Waals surface area contributed by atoms with Gasteiger partial charge in [-0.3, -0.25) is 4.79 Å². The lowest BCUT2D eigenvalue weighted by Gasteiger charge is -2.34. The summed E-state index contributed by atoms with van der Waals surface area (Å²) in [6.07, 6.45) is 1.02. The molecule has 2 aromatic heterocycles. The van der Waals surface area contributed by atoms with Gasteiger partial charge in [-0.15, -0.1) is 22.7 Å². The Morgan fingerprint density at radius 2 is 2.28 bits per heavy atom. The second kappa shape index (κ2) is 4.64. The van der Waals surface area contributed by atoms with E-state index < -0.39 is 0 Å². The van der Waals surface area contributed by atoms with Crippen LogP contribution in [0.15, 0.2) is 17.5 Å². The third-order valence-corrected chi connectivity index (χ3v) is 5.41. The van der Waals surface area contributed by atoms with E-state index in [2.05, 4.69) is 18.4 Å². The summed E-state index contributed by atoms with van der Waals surface area (Å²) in [4.78, 5) is 15.2. The van der Waals surface area contributed by atoms with Gasteiger partial charge >= 0.3 is 0 Å². The second-order valence-electron chi connectivity index (χ2n) is 5.07. The molecule has 5 heteroatoms. The number of nitrogens with zero attached hydrogens (tertiary/aromatic N) is 1. The minimum Gasteiger partial charge on any atom is -0.336 e. The fourth-order valence-corrected chi connectivity index (χ4v) is 4.67. The molecule has 18 heavy (non-hydrogen) atoms. The Hall–Kier alpha value is -0.910. The van der Waals surface area contributed by atoms with Gasteiger partial charge in [0.25, 0.3) is 5.91 Å². The smallest absolute Gasteiger partial charge is 0.264 e. The SMILES string of the molecule is CC1CC(N)CN(C(=O)c2cc3sccc3s2)C1. The van der Waals surface area contributed by atoms with Gasteiger partial charge in [0.05, 0.1) is 4.88 Å². The van der Waals surface area contributed by atoms with Gasteiger partial charge < -0.3 is 10.6 Å². The molecule has 1 aliphatic rings. The van der Waals surface area contributed by atoms with Gasteiger partial charge in [0.15, 0.2) is 0 Å². The third-order valence-electron chi connectivity index (χ3n) is 3.33. The predicted octanol–water partition coefficient (Wildman–Crippen LogP) is 2.77. The van der Waals surface area contributed by atoms with Gasteiger partial charge in [-0.25, -0.2) is 0 Å². The highest BCUT2D eigenvalue weighted by atomic mass is 32.1. The Morgan fingerprint density at radius 3 is 3.00 bits per heavy atom. The first-order chi connectivity index (χ1) is 8.63. The third kappa shape index (κ3) is 2.18. The van der Waals surface area contributed by atoms with Crippen LogP contribution in [0.3, 0.4) is 0 Å². The van der Waals surface area contributed by atoms with Crippen molar-refractivity contribution < 1.29 is 4.79 Å². The number of thiophene rings is 2. The topological polar surface area (TPSA) is 46.3 Å². The quantitative estimate of drug-likeness (QED) is 0.873. The van der Waals surface area contributed by atoms with Crippen LogP contribution >= 0.6 is 22.7 Å². The fourth-order valence-electron chi connectivity index (χ4n) is 2.59. The molecule has 2 unspecified atom stereocenters. The van der Waals surface area contributed by atoms with Crippen molar-refractivity contribution in [2.45, 2.75) is 19.4 Å². The number of rotatable bonds is 1. The van der Waals surface area contributed by atoms with E-state index in [1.54, 1.807) is 22.7 Å². The Kier molecular flexibility index (Phi) is 3.13. The number of carbonyl (C=O) groups excluding carboxylic acids is 1. The molecule has 1 aliphatic heterocycles. The molecule has 0 bridgehead atoms. The monoisotopic (exact) mass is 280 g/mol. The van der Waals surface area contributed by atoms with E-state index >= 15 is 0 Å². The molecule has 2 atom stereocenters. The van der Waals surface area contributed by atoms with Crippen LogP contribution in [0.4, 0.5) is 0 Å². The molecule has 0 radical (unpaired) electrons. The van der Waals surface area contributed by atoms with E-state index in [1.807, 2.05) is 11.0 Å². The summed E-state index contributed by atoms with van der Waals surface area (Å²) in [5.41, 5.74) is 6.00. The maximum atomic E-state index is 12.4. The van der Waals surface area contributed by atoms with Crippen LogP contribution < -0.4 is 5.73 Å². The van der Waals surface area contributed by atoms with Crippen molar-refractivity contribution in [3.05, 3.63) is 22.4 Å². The maximum Gasteiger partial charge on any atom is 0.264 e. The summed E-state index contributed by atoms with van der Waals surface area (Å²) in [6, 6.07) is 4.21. The number of piperidine rings is 1. The van der Waals surface area contributed by atoms with Gasteiger partial charge in [0.2, 0.25) is 0 Å². The van der Waals surface area contributed by atoms with Gasteiger partial charge in [-0.2, -0.15) is 0 Å². The molecule has 3 rings (SSSR count). The lowest BCUT2D eigenvalue weighted by molar-refractivity contribution is 0.0666. The molecular formula is C13H16N2OS2. The Morgan fingerprint density at radius 1 is 1.44 bits per heavy atom. The van der Waals surface area contributed by atoms with Crippen molar-refractivity contribution in [3.63, 3.8) is 0 Å². The number of hydrogen-bond acceptors (Lipinski definition) is 4. The number of hydrogen-bond donors (Lipinski definition) is 1. The molecule has 1 fully saturated rings. The Balaban J connectivity index is 1.83. The molecule has 0 spiro atoms. The van der Waals surface area contributed by atoms with Crippen molar-refractivity contribution in [2.75, 3.05) is 13.1 Å². The zero-order chi connectivity index (χ0) is 12.7. The van der Waals surface area contributed by atoms with Gasteiger partial charge in [-0.05, 0) is 29.9 Å². The van der Waals surface area contributed by atoms with Gasteiger partial charge in [0.1, 0.15) is 0 Å². The molecular weight excluding hydrogens is 264 g/mol. The van der Waals surface area contributed by atoms with E-state index in [4.69, 9.17) is 5.73 Å². The summed E-state index contributed by atoms with van der Waals surface area (Å²) < 4.78 is 2.41. The zero-order valence-corrected chi connectivity index (χ0v) is 11.9. The summed E-state index contributed by atoms with van der Waals surface area (Å²) in [6.45, 7) is 3.68. The summed E-state index contributed by atoms with van der Waals surface area (Å²) in [5, 5.41) is 2.06. The number of fused-ring (bicyclic) bond motifs is 1. The first-order valence-electron chi connectivity index (χ1n) is 6.15. The van der Waals surface area contributed by atoms with Crippen molar-refractivity contribution >= 4 is 38.0 Å². The molecule has 0 saturated carbocycles. The highest BCUT2D eigenvalue weighted by Crippen LogP contribution is 2.31. The molecule has 2 aromatic rings. The summed E-state index contributed by atoms with van der Waals surface area (Å²) >= 11 is 3.27. The van der Waals surface area contributed by atoms with E-state index in [0.717, 1.165) is 17.8 Å². The molecule has 3 nitrogen and oxygen atoms in total. The maximum absolute atomic E-state index is 12.4. The van der Waals surface area contributed by atoms with Crippen molar-refractivity contribution in [3.8, 4) is 0 Å². The van der Waals surface area contributed by atoms with Crippen LogP contribution in [-0.4, -0.2) is 29.9 Å². The van der Waals surface area contributed by atoms with E-state index in [1.165, 1.54) is 9.40 Å². The van der Waals surface area contributed by atoms with E-state index in [9.17, 15) is 4.79 Å². The highest BCUT2D eigenvalue weighted by Gasteiger charge is 2.27. The van der Waals surface area contributed by atoms with Crippen LogP contribution in [0.25, 0.3) is 9.40 Å². The Bertz CT molecular complexity index is 536. The normalized spacial score (nSPS) is 24.7. The standard InChI is InChI=1S/C13H16N2OS2/c1-8-4-9(14)7-15(6-8)13(16)12-5-11-10(18-12)2-3-17-11/h2-3,5,8-9H,4,6-7,14H2,1H3. The number of amides is 1. The summed E-state index contributed by atoms with van der Waals surface area (Å²) in [7, 11) is 0. The molecule has 3 heterocycles. The van der Waals surface area contributed by atoms with Crippen LogP contribution in [0, 0.1) is 5.92 Å². The zero-order valence-electron chi connectivity index (χ0n) is 10.3. The van der Waals surface area contributed by atoms with Gasteiger partial charge in [-0.1, -0.05) is 6.92 Å². The first kappa shape index (κ1) is 12.1. The van der Waals surface area contributed by atoms with Crippen molar-refractivity contribution in [1.29, 1.82) is 0 Å². The Labute approximate surface area is 114 Å². The van der Waals surface area contributed by atoms with Gasteiger partial charge in [0, 0.05) is 28.5 Å². The minimum absolute atomic E-state index is 0.124. The average molecular weight is 280 g/mol. The molecule has 0 aliphatic carbocycles. The lowest BCUT2D eigenvalue weighted by Crippen LogP contribution is -2.48.